The lowest BCUT2D eigenvalue weighted by Gasteiger charge is -2.09. The van der Waals surface area contributed by atoms with Gasteiger partial charge in [-0.15, -0.1) is 0 Å². The maximum atomic E-state index is 13.6. The molecule has 0 bridgehead atoms. The number of aryl methyl sites for hydroxylation is 1. The van der Waals surface area contributed by atoms with Crippen LogP contribution in [-0.4, -0.2) is 21.6 Å². The molecule has 5 nitrogen and oxygen atoms in total. The van der Waals surface area contributed by atoms with Gasteiger partial charge in [-0.2, -0.15) is 0 Å². The van der Waals surface area contributed by atoms with Crippen molar-refractivity contribution in [3.05, 3.63) is 54.6 Å². The number of aromatic nitrogens is 3. The molecule has 3 aromatic heterocycles. The smallest absolute Gasteiger partial charge is 0.146 e. The van der Waals surface area contributed by atoms with Gasteiger partial charge in [0.05, 0.1) is 11.2 Å². The molecule has 0 fully saturated rings. The summed E-state index contributed by atoms with van der Waals surface area (Å²) in [6.45, 7) is 0. The largest absolute Gasteiger partial charge is 0.386 e. The van der Waals surface area contributed by atoms with E-state index in [4.69, 9.17) is 4.98 Å². The predicted molar refractivity (Wildman–Crippen MR) is 95.2 cm³/mol. The molecule has 1 aromatic carbocycles. The molecular formula is C18H16FN5. The Morgan fingerprint density at radius 2 is 1.96 bits per heavy atom. The van der Waals surface area contributed by atoms with Crippen LogP contribution in [0.4, 0.5) is 21.6 Å². The van der Waals surface area contributed by atoms with E-state index in [0.29, 0.717) is 11.5 Å². The highest BCUT2D eigenvalue weighted by atomic mass is 19.1. The van der Waals surface area contributed by atoms with Crippen LogP contribution in [0.15, 0.2) is 48.8 Å². The summed E-state index contributed by atoms with van der Waals surface area (Å²) < 4.78 is 15.6. The summed E-state index contributed by atoms with van der Waals surface area (Å²) in [5, 5.41) is 8.19. The third kappa shape index (κ3) is 2.23. The number of hydrogen-bond acceptors (Lipinski definition) is 4. The fraction of sp³-hybridized carbons (Fsp3) is 0.111. The Hall–Kier alpha value is -3.15. The summed E-state index contributed by atoms with van der Waals surface area (Å²) in [6, 6.07) is 10.7. The zero-order valence-corrected chi connectivity index (χ0v) is 13.3. The zero-order chi connectivity index (χ0) is 16.7. The molecule has 2 N–H and O–H groups in total. The van der Waals surface area contributed by atoms with E-state index in [1.807, 2.05) is 36.0 Å². The summed E-state index contributed by atoms with van der Waals surface area (Å²) in [6.07, 6.45) is 3.63. The van der Waals surface area contributed by atoms with Gasteiger partial charge in [-0.05, 0) is 36.4 Å². The maximum absolute atomic E-state index is 13.6. The minimum atomic E-state index is -0.285. The van der Waals surface area contributed by atoms with Gasteiger partial charge in [0, 0.05) is 42.9 Å². The van der Waals surface area contributed by atoms with Crippen molar-refractivity contribution in [2.24, 2.45) is 7.05 Å². The first-order chi connectivity index (χ1) is 11.7. The van der Waals surface area contributed by atoms with Crippen LogP contribution in [0.2, 0.25) is 0 Å². The van der Waals surface area contributed by atoms with Gasteiger partial charge in [-0.3, -0.25) is 4.98 Å². The Morgan fingerprint density at radius 3 is 2.79 bits per heavy atom. The molecule has 4 rings (SSSR count). The standard InChI is InChI=1S/C18H16FN5/c1-20-15-9-11(3-5-14(15)19)22-17-6-4-12-13-10-21-8-7-16(13)24(2)18(12)23-17/h3-10,20H,1-2H3,(H,22,23). The summed E-state index contributed by atoms with van der Waals surface area (Å²) in [4.78, 5) is 8.89. The summed E-state index contributed by atoms with van der Waals surface area (Å²) in [7, 11) is 3.68. The van der Waals surface area contributed by atoms with Crippen LogP contribution in [-0.2, 0) is 7.05 Å². The molecule has 4 aromatic rings. The molecule has 120 valence electrons. The van der Waals surface area contributed by atoms with E-state index in [-0.39, 0.29) is 5.82 Å². The Balaban J connectivity index is 1.78. The summed E-state index contributed by atoms with van der Waals surface area (Å²) in [5.74, 6) is 0.419. The number of halogens is 1. The van der Waals surface area contributed by atoms with E-state index in [2.05, 4.69) is 15.6 Å². The minimum absolute atomic E-state index is 0.285. The van der Waals surface area contributed by atoms with Crippen molar-refractivity contribution in [1.29, 1.82) is 0 Å². The molecule has 6 heteroatoms. The number of anilines is 3. The number of pyridine rings is 2. The maximum Gasteiger partial charge on any atom is 0.146 e. The van der Waals surface area contributed by atoms with Gasteiger partial charge in [-0.25, -0.2) is 9.37 Å². The third-order valence-electron chi connectivity index (χ3n) is 4.15. The molecule has 0 aliphatic heterocycles. The number of nitrogens with zero attached hydrogens (tertiary/aromatic N) is 3. The van der Waals surface area contributed by atoms with Crippen molar-refractivity contribution in [1.82, 2.24) is 14.5 Å². The van der Waals surface area contributed by atoms with Crippen LogP contribution in [0.3, 0.4) is 0 Å². The van der Waals surface area contributed by atoms with E-state index >= 15 is 0 Å². The van der Waals surface area contributed by atoms with Crippen LogP contribution in [0.5, 0.6) is 0 Å². The highest BCUT2D eigenvalue weighted by molar-refractivity contribution is 6.06. The Kier molecular flexibility index (Phi) is 3.30. The van der Waals surface area contributed by atoms with Gasteiger partial charge in [0.1, 0.15) is 17.3 Å². The molecule has 0 amide bonds. The summed E-state index contributed by atoms with van der Waals surface area (Å²) in [5.41, 5.74) is 3.17. The second-order valence-electron chi connectivity index (χ2n) is 5.59. The van der Waals surface area contributed by atoms with E-state index in [1.54, 1.807) is 25.4 Å². The molecule has 0 radical (unpaired) electrons. The van der Waals surface area contributed by atoms with Crippen molar-refractivity contribution < 1.29 is 4.39 Å². The first-order valence-corrected chi connectivity index (χ1v) is 7.61. The van der Waals surface area contributed by atoms with Crippen molar-refractivity contribution in [3.8, 4) is 0 Å². The van der Waals surface area contributed by atoms with Crippen molar-refractivity contribution in [3.63, 3.8) is 0 Å². The Morgan fingerprint density at radius 1 is 1.08 bits per heavy atom. The molecule has 3 heterocycles. The third-order valence-corrected chi connectivity index (χ3v) is 4.15. The predicted octanol–water partition coefficient (Wildman–Crippen LogP) is 4.05. The van der Waals surface area contributed by atoms with Crippen molar-refractivity contribution >= 4 is 39.1 Å². The summed E-state index contributed by atoms with van der Waals surface area (Å²) >= 11 is 0. The van der Waals surface area contributed by atoms with Crippen LogP contribution in [0.1, 0.15) is 0 Å². The number of fused-ring (bicyclic) bond motifs is 3. The molecule has 24 heavy (non-hydrogen) atoms. The van der Waals surface area contributed by atoms with Gasteiger partial charge in [-0.1, -0.05) is 0 Å². The molecule has 0 spiro atoms. The van der Waals surface area contributed by atoms with Crippen molar-refractivity contribution in [2.45, 2.75) is 0 Å². The fourth-order valence-corrected chi connectivity index (χ4v) is 2.93. The van der Waals surface area contributed by atoms with Gasteiger partial charge in [0.25, 0.3) is 0 Å². The highest BCUT2D eigenvalue weighted by Crippen LogP contribution is 2.28. The molecule has 0 aliphatic carbocycles. The molecular weight excluding hydrogens is 305 g/mol. The van der Waals surface area contributed by atoms with Crippen LogP contribution >= 0.6 is 0 Å². The van der Waals surface area contributed by atoms with Gasteiger partial charge >= 0.3 is 0 Å². The van der Waals surface area contributed by atoms with Crippen LogP contribution < -0.4 is 10.6 Å². The second kappa shape index (κ2) is 5.49. The normalized spacial score (nSPS) is 11.1. The molecule has 0 aliphatic rings. The molecule has 0 saturated heterocycles. The molecule has 0 atom stereocenters. The monoisotopic (exact) mass is 321 g/mol. The lowest BCUT2D eigenvalue weighted by Crippen LogP contribution is -1.98. The van der Waals surface area contributed by atoms with Gasteiger partial charge in [0.15, 0.2) is 0 Å². The van der Waals surface area contributed by atoms with E-state index in [0.717, 1.165) is 27.6 Å². The number of nitrogens with one attached hydrogen (secondary N) is 2. The Bertz CT molecular complexity index is 1050. The zero-order valence-electron chi connectivity index (χ0n) is 13.3. The quantitative estimate of drug-likeness (QED) is 0.598. The Labute approximate surface area is 138 Å². The van der Waals surface area contributed by atoms with E-state index < -0.39 is 0 Å². The second-order valence-corrected chi connectivity index (χ2v) is 5.59. The topological polar surface area (TPSA) is 54.8 Å². The van der Waals surface area contributed by atoms with Crippen LogP contribution in [0.25, 0.3) is 21.9 Å². The number of rotatable bonds is 3. The highest BCUT2D eigenvalue weighted by Gasteiger charge is 2.10. The van der Waals surface area contributed by atoms with E-state index in [1.165, 1.54) is 6.07 Å². The fourth-order valence-electron chi connectivity index (χ4n) is 2.93. The average Bonchev–Trinajstić information content (AvgIpc) is 2.89. The molecule has 0 saturated carbocycles. The van der Waals surface area contributed by atoms with Gasteiger partial charge in [0.2, 0.25) is 0 Å². The van der Waals surface area contributed by atoms with Crippen LogP contribution in [0, 0.1) is 5.82 Å². The first kappa shape index (κ1) is 14.4. The van der Waals surface area contributed by atoms with Gasteiger partial charge < -0.3 is 15.2 Å². The first-order valence-electron chi connectivity index (χ1n) is 7.61. The average molecular weight is 321 g/mol. The minimum Gasteiger partial charge on any atom is -0.386 e. The van der Waals surface area contributed by atoms with Crippen molar-refractivity contribution in [2.75, 3.05) is 17.7 Å². The lowest BCUT2D eigenvalue weighted by atomic mass is 10.2. The number of hydrogen-bond donors (Lipinski definition) is 2. The number of benzene rings is 1. The SMILES string of the molecule is CNc1cc(Nc2ccc3c4cnccc4n(C)c3n2)ccc1F. The van der Waals surface area contributed by atoms with E-state index in [9.17, 15) is 4.39 Å². The lowest BCUT2D eigenvalue weighted by molar-refractivity contribution is 0.631. The molecule has 0 unspecified atom stereocenters.